The third kappa shape index (κ3) is 4.61. The summed E-state index contributed by atoms with van der Waals surface area (Å²) in [5, 5.41) is 2.92. The van der Waals surface area contributed by atoms with Crippen LogP contribution in [0.25, 0.3) is 0 Å². The lowest BCUT2D eigenvalue weighted by Gasteiger charge is -2.19. The van der Waals surface area contributed by atoms with Gasteiger partial charge in [-0.15, -0.1) is 0 Å². The van der Waals surface area contributed by atoms with Gasteiger partial charge in [0.05, 0.1) is 6.10 Å². The number of ether oxygens (including phenoxy) is 1. The number of carbonyl (C=O) groups excluding carboxylic acids is 1. The number of rotatable bonds is 7. The van der Waals surface area contributed by atoms with Crippen molar-refractivity contribution in [3.63, 3.8) is 0 Å². The van der Waals surface area contributed by atoms with Gasteiger partial charge in [-0.2, -0.15) is 0 Å². The van der Waals surface area contributed by atoms with Crippen molar-refractivity contribution in [1.82, 2.24) is 10.2 Å². The molecule has 1 saturated heterocycles. The smallest absolute Gasteiger partial charge is 0.249 e. The van der Waals surface area contributed by atoms with Crippen molar-refractivity contribution < 1.29 is 9.53 Å². The van der Waals surface area contributed by atoms with Gasteiger partial charge in [-0.1, -0.05) is 13.8 Å². The molecule has 0 spiro atoms. The predicted octanol–water partition coefficient (Wildman–Crippen LogP) is -0.0493. The number of amides is 1. The number of hydrogen-bond donors (Lipinski definition) is 2. The first-order valence-corrected chi connectivity index (χ1v) is 6.56. The summed E-state index contributed by atoms with van der Waals surface area (Å²) in [4.78, 5) is 14.0. The van der Waals surface area contributed by atoms with Crippen molar-refractivity contribution in [1.29, 1.82) is 0 Å². The van der Waals surface area contributed by atoms with Gasteiger partial charge in [-0.3, -0.25) is 4.79 Å². The number of likely N-dealkylation sites (N-methyl/N-ethyl adjacent to an activating group) is 1. The molecule has 3 N–H and O–H groups in total. The Balaban J connectivity index is 2.17. The average Bonchev–Trinajstić information content (AvgIpc) is 2.83. The van der Waals surface area contributed by atoms with Gasteiger partial charge >= 0.3 is 0 Å². The van der Waals surface area contributed by atoms with Crippen LogP contribution in [0.1, 0.15) is 26.7 Å². The van der Waals surface area contributed by atoms with E-state index in [4.69, 9.17) is 10.5 Å². The molecule has 0 aliphatic carbocycles. The fourth-order valence-corrected chi connectivity index (χ4v) is 2.06. The molecular weight excluding hydrogens is 218 g/mol. The molecule has 0 radical (unpaired) electrons. The first-order valence-electron chi connectivity index (χ1n) is 6.56. The van der Waals surface area contributed by atoms with Crippen LogP contribution in [0.2, 0.25) is 0 Å². The second-order valence-electron chi connectivity index (χ2n) is 4.38. The van der Waals surface area contributed by atoms with E-state index in [0.29, 0.717) is 13.1 Å². The topological polar surface area (TPSA) is 67.6 Å². The Kier molecular flexibility index (Phi) is 6.47. The maximum absolute atomic E-state index is 11.8. The normalized spacial score (nSPS) is 24.2. The van der Waals surface area contributed by atoms with Crippen molar-refractivity contribution >= 4 is 5.91 Å². The quantitative estimate of drug-likeness (QED) is 0.658. The predicted molar refractivity (Wildman–Crippen MR) is 67.7 cm³/mol. The van der Waals surface area contributed by atoms with Crippen LogP contribution < -0.4 is 11.1 Å². The molecule has 1 amide bonds. The Morgan fingerprint density at radius 1 is 1.41 bits per heavy atom. The van der Waals surface area contributed by atoms with Gasteiger partial charge in [0.25, 0.3) is 0 Å². The maximum Gasteiger partial charge on any atom is 0.249 e. The second-order valence-corrected chi connectivity index (χ2v) is 4.38. The van der Waals surface area contributed by atoms with Gasteiger partial charge in [-0.25, -0.2) is 0 Å². The summed E-state index contributed by atoms with van der Waals surface area (Å²) < 4.78 is 5.53. The number of nitrogens with one attached hydrogen (secondary N) is 1. The molecule has 1 rings (SSSR count). The van der Waals surface area contributed by atoms with Crippen molar-refractivity contribution in [2.75, 3.05) is 32.7 Å². The number of carbonyl (C=O) groups is 1. The van der Waals surface area contributed by atoms with Gasteiger partial charge < -0.3 is 20.7 Å². The van der Waals surface area contributed by atoms with Crippen LogP contribution in [0.5, 0.6) is 0 Å². The van der Waals surface area contributed by atoms with Crippen LogP contribution in [0.3, 0.4) is 0 Å². The second kappa shape index (κ2) is 7.63. The van der Waals surface area contributed by atoms with E-state index >= 15 is 0 Å². The van der Waals surface area contributed by atoms with Gasteiger partial charge in [0.1, 0.15) is 6.10 Å². The van der Waals surface area contributed by atoms with Gasteiger partial charge in [-0.05, 0) is 25.9 Å². The van der Waals surface area contributed by atoms with Crippen LogP contribution in [0, 0.1) is 0 Å². The highest BCUT2D eigenvalue weighted by Gasteiger charge is 2.29. The highest BCUT2D eigenvalue weighted by molar-refractivity contribution is 5.81. The maximum atomic E-state index is 11.8. The SMILES string of the molecule is CCN(CC)CCNC(=O)C1CCC(CN)O1. The van der Waals surface area contributed by atoms with E-state index < -0.39 is 0 Å². The third-order valence-corrected chi connectivity index (χ3v) is 3.28. The van der Waals surface area contributed by atoms with Crippen LogP contribution in [-0.2, 0) is 9.53 Å². The Morgan fingerprint density at radius 3 is 2.65 bits per heavy atom. The van der Waals surface area contributed by atoms with Crippen LogP contribution >= 0.6 is 0 Å². The lowest BCUT2D eigenvalue weighted by Crippen LogP contribution is -2.40. The molecule has 2 atom stereocenters. The Labute approximate surface area is 104 Å². The van der Waals surface area contributed by atoms with Gasteiger partial charge in [0, 0.05) is 19.6 Å². The van der Waals surface area contributed by atoms with E-state index in [2.05, 4.69) is 24.1 Å². The lowest BCUT2D eigenvalue weighted by molar-refractivity contribution is -0.131. The molecule has 0 saturated carbocycles. The van der Waals surface area contributed by atoms with Crippen molar-refractivity contribution in [2.24, 2.45) is 5.73 Å². The zero-order valence-corrected chi connectivity index (χ0v) is 10.9. The molecule has 0 aromatic carbocycles. The molecule has 1 fully saturated rings. The van der Waals surface area contributed by atoms with Gasteiger partial charge in [0.15, 0.2) is 0 Å². The Morgan fingerprint density at radius 2 is 2.12 bits per heavy atom. The van der Waals surface area contributed by atoms with Crippen LogP contribution in [0.15, 0.2) is 0 Å². The molecular formula is C12H25N3O2. The minimum atomic E-state index is -0.291. The molecule has 1 aliphatic rings. The number of nitrogens with two attached hydrogens (primary N) is 1. The third-order valence-electron chi connectivity index (χ3n) is 3.28. The first-order chi connectivity index (χ1) is 8.21. The molecule has 5 heteroatoms. The van der Waals surface area contributed by atoms with Crippen LogP contribution in [0.4, 0.5) is 0 Å². The Hall–Kier alpha value is -0.650. The molecule has 0 bridgehead atoms. The number of nitrogens with zero attached hydrogens (tertiary/aromatic N) is 1. The van der Waals surface area contributed by atoms with Crippen LogP contribution in [-0.4, -0.2) is 55.7 Å². The first kappa shape index (κ1) is 14.4. The molecule has 0 aromatic heterocycles. The van der Waals surface area contributed by atoms with E-state index in [1.54, 1.807) is 0 Å². The summed E-state index contributed by atoms with van der Waals surface area (Å²) in [5.41, 5.74) is 5.51. The molecule has 17 heavy (non-hydrogen) atoms. The van der Waals surface area contributed by atoms with Gasteiger partial charge in [0.2, 0.25) is 5.91 Å². The summed E-state index contributed by atoms with van der Waals surface area (Å²) in [6.45, 7) is 8.36. The summed E-state index contributed by atoms with van der Waals surface area (Å²) in [6.07, 6.45) is 1.46. The largest absolute Gasteiger partial charge is 0.364 e. The summed E-state index contributed by atoms with van der Waals surface area (Å²) in [5.74, 6) is 0.00751. The van der Waals surface area contributed by atoms with Crippen molar-refractivity contribution in [3.8, 4) is 0 Å². The standard InChI is InChI=1S/C12H25N3O2/c1-3-15(4-2)8-7-14-12(16)11-6-5-10(9-13)17-11/h10-11H,3-9,13H2,1-2H3,(H,14,16). The summed E-state index contributed by atoms with van der Waals surface area (Å²) >= 11 is 0. The fraction of sp³-hybridized carbons (Fsp3) is 0.917. The number of hydrogen-bond acceptors (Lipinski definition) is 4. The summed E-state index contributed by atoms with van der Waals surface area (Å²) in [7, 11) is 0. The molecule has 1 aliphatic heterocycles. The van der Waals surface area contributed by atoms with Crippen molar-refractivity contribution in [2.45, 2.75) is 38.9 Å². The highest BCUT2D eigenvalue weighted by atomic mass is 16.5. The zero-order valence-electron chi connectivity index (χ0n) is 10.9. The lowest BCUT2D eigenvalue weighted by atomic mass is 10.2. The monoisotopic (exact) mass is 243 g/mol. The Bertz CT molecular complexity index is 232. The minimum absolute atomic E-state index is 0.00751. The molecule has 2 unspecified atom stereocenters. The fourth-order valence-electron chi connectivity index (χ4n) is 2.06. The van der Waals surface area contributed by atoms with E-state index in [1.165, 1.54) is 0 Å². The molecule has 0 aromatic rings. The van der Waals surface area contributed by atoms with E-state index in [1.807, 2.05) is 0 Å². The zero-order chi connectivity index (χ0) is 12.7. The van der Waals surface area contributed by atoms with E-state index in [9.17, 15) is 4.79 Å². The average molecular weight is 243 g/mol. The van der Waals surface area contributed by atoms with E-state index in [0.717, 1.165) is 32.5 Å². The summed E-state index contributed by atoms with van der Waals surface area (Å²) in [6, 6.07) is 0. The highest BCUT2D eigenvalue weighted by Crippen LogP contribution is 2.18. The molecule has 100 valence electrons. The minimum Gasteiger partial charge on any atom is -0.364 e. The van der Waals surface area contributed by atoms with E-state index in [-0.39, 0.29) is 18.1 Å². The molecule has 1 heterocycles. The molecule has 5 nitrogen and oxygen atoms in total. The van der Waals surface area contributed by atoms with Crippen molar-refractivity contribution in [3.05, 3.63) is 0 Å².